The number of rotatable bonds is 6. The van der Waals surface area contributed by atoms with E-state index in [1.807, 2.05) is 24.3 Å². The van der Waals surface area contributed by atoms with Crippen molar-refractivity contribution in [3.05, 3.63) is 69.5 Å². The molecule has 1 heterocycles. The van der Waals surface area contributed by atoms with Gasteiger partial charge in [0.1, 0.15) is 0 Å². The summed E-state index contributed by atoms with van der Waals surface area (Å²) in [5, 5.41) is 1.56. The van der Waals surface area contributed by atoms with Gasteiger partial charge in [-0.05, 0) is 37.6 Å². The van der Waals surface area contributed by atoms with Gasteiger partial charge < -0.3 is 4.74 Å². The van der Waals surface area contributed by atoms with Gasteiger partial charge in [-0.2, -0.15) is 0 Å². The lowest BCUT2D eigenvalue weighted by Gasteiger charge is -2.14. The minimum absolute atomic E-state index is 0.0749. The van der Waals surface area contributed by atoms with Crippen LogP contribution >= 0.6 is 23.4 Å². The van der Waals surface area contributed by atoms with Crippen molar-refractivity contribution in [3.63, 3.8) is 0 Å². The molecule has 5 nitrogen and oxygen atoms in total. The summed E-state index contributed by atoms with van der Waals surface area (Å²) >= 11 is 7.45. The number of aromatic nitrogens is 2. The van der Waals surface area contributed by atoms with Gasteiger partial charge in [0.25, 0.3) is 5.56 Å². The van der Waals surface area contributed by atoms with Crippen molar-refractivity contribution in [1.82, 2.24) is 9.55 Å². The number of benzene rings is 2. The third kappa shape index (κ3) is 4.70. The molecule has 0 aliphatic rings. The molecule has 0 spiro atoms. The first-order valence-electron chi connectivity index (χ1n) is 8.51. The maximum atomic E-state index is 13.0. The molecule has 0 amide bonds. The summed E-state index contributed by atoms with van der Waals surface area (Å²) in [6.07, 6.45) is -0.187. The molecule has 2 aromatic carbocycles. The Bertz CT molecular complexity index is 1030. The molecular weight excluding hydrogens is 384 g/mol. The molecular formula is C20H19ClN2O3S. The normalized spacial score (nSPS) is 11.1. The first kappa shape index (κ1) is 19.5. The number of para-hydroxylation sites is 1. The Labute approximate surface area is 166 Å². The second-order valence-corrected chi connectivity index (χ2v) is 7.57. The highest BCUT2D eigenvalue weighted by atomic mass is 35.5. The number of hydrogen-bond donors (Lipinski definition) is 0. The third-order valence-corrected chi connectivity index (χ3v) is 5.12. The van der Waals surface area contributed by atoms with Crippen molar-refractivity contribution >= 4 is 40.2 Å². The molecule has 0 saturated carbocycles. The number of nitrogens with zero attached hydrogens (tertiary/aromatic N) is 2. The molecule has 0 aliphatic carbocycles. The Hall–Kier alpha value is -2.31. The molecule has 0 fully saturated rings. The largest absolute Gasteiger partial charge is 0.462 e. The number of fused-ring (bicyclic) bond motifs is 1. The zero-order chi connectivity index (χ0) is 19.4. The number of carbonyl (C=O) groups excluding carboxylic acids is 1. The molecule has 1 aromatic heterocycles. The highest BCUT2D eigenvalue weighted by Gasteiger charge is 2.15. The van der Waals surface area contributed by atoms with E-state index >= 15 is 0 Å². The van der Waals surface area contributed by atoms with Crippen LogP contribution < -0.4 is 5.56 Å². The lowest BCUT2D eigenvalue weighted by Crippen LogP contribution is -2.24. The molecule has 0 N–H and O–H groups in total. The first-order chi connectivity index (χ1) is 13.0. The maximum absolute atomic E-state index is 13.0. The Balaban J connectivity index is 2.01. The Morgan fingerprint density at radius 3 is 2.63 bits per heavy atom. The average Bonchev–Trinajstić information content (AvgIpc) is 2.63. The van der Waals surface area contributed by atoms with Gasteiger partial charge in [-0.1, -0.05) is 53.7 Å². The van der Waals surface area contributed by atoms with E-state index in [-0.39, 0.29) is 29.9 Å². The first-order valence-corrected chi connectivity index (χ1v) is 9.87. The van der Waals surface area contributed by atoms with Crippen molar-refractivity contribution in [3.8, 4) is 0 Å². The lowest BCUT2D eigenvalue weighted by atomic mass is 10.2. The summed E-state index contributed by atoms with van der Waals surface area (Å²) in [5.41, 5.74) is 1.24. The maximum Gasteiger partial charge on any atom is 0.316 e. The number of ether oxygens (including phenoxy) is 1. The summed E-state index contributed by atoms with van der Waals surface area (Å²) in [5.74, 6) is -0.271. The second kappa shape index (κ2) is 8.59. The molecule has 3 rings (SSSR count). The minimum Gasteiger partial charge on any atom is -0.462 e. The van der Waals surface area contributed by atoms with Gasteiger partial charge >= 0.3 is 5.97 Å². The van der Waals surface area contributed by atoms with Crippen molar-refractivity contribution < 1.29 is 9.53 Å². The Kier molecular flexibility index (Phi) is 6.19. The van der Waals surface area contributed by atoms with Crippen LogP contribution in [-0.4, -0.2) is 27.4 Å². The second-order valence-electron chi connectivity index (χ2n) is 6.22. The molecule has 0 saturated heterocycles. The zero-order valence-corrected chi connectivity index (χ0v) is 16.6. The predicted octanol–water partition coefficient (Wildman–Crippen LogP) is 4.14. The number of hydrogen-bond acceptors (Lipinski definition) is 5. The van der Waals surface area contributed by atoms with Crippen LogP contribution in [0.5, 0.6) is 0 Å². The van der Waals surface area contributed by atoms with Crippen LogP contribution in [0.3, 0.4) is 0 Å². The van der Waals surface area contributed by atoms with E-state index in [2.05, 4.69) is 4.98 Å². The summed E-state index contributed by atoms with van der Waals surface area (Å²) in [6, 6.07) is 14.5. The summed E-state index contributed by atoms with van der Waals surface area (Å²) in [7, 11) is 0. The van der Waals surface area contributed by atoms with Gasteiger partial charge in [0.2, 0.25) is 0 Å². The SMILES string of the molecule is CC(C)OC(=O)CSc1nc2ccccc2c(=O)n1Cc1ccccc1Cl. The van der Waals surface area contributed by atoms with E-state index in [0.717, 1.165) is 5.56 Å². The van der Waals surface area contributed by atoms with E-state index in [9.17, 15) is 9.59 Å². The van der Waals surface area contributed by atoms with Crippen LogP contribution in [0.15, 0.2) is 58.5 Å². The summed E-state index contributed by atoms with van der Waals surface area (Å²) in [4.78, 5) is 29.5. The van der Waals surface area contributed by atoms with Crippen LogP contribution in [0, 0.1) is 0 Å². The van der Waals surface area contributed by atoms with Gasteiger partial charge in [0.15, 0.2) is 5.16 Å². The van der Waals surface area contributed by atoms with Gasteiger partial charge in [0, 0.05) is 5.02 Å². The minimum atomic E-state index is -0.346. The Morgan fingerprint density at radius 1 is 1.19 bits per heavy atom. The molecule has 3 aromatic rings. The van der Waals surface area contributed by atoms with Gasteiger partial charge in [-0.15, -0.1) is 0 Å². The highest BCUT2D eigenvalue weighted by molar-refractivity contribution is 7.99. The van der Waals surface area contributed by atoms with Crippen LogP contribution in [0.1, 0.15) is 19.4 Å². The third-order valence-electron chi connectivity index (χ3n) is 3.80. The smallest absolute Gasteiger partial charge is 0.316 e. The monoisotopic (exact) mass is 402 g/mol. The van der Waals surface area contributed by atoms with Crippen LogP contribution in [0.2, 0.25) is 5.02 Å². The van der Waals surface area contributed by atoms with Crippen molar-refractivity contribution in [2.45, 2.75) is 31.7 Å². The quantitative estimate of drug-likeness (QED) is 0.352. The topological polar surface area (TPSA) is 61.2 Å². The van der Waals surface area contributed by atoms with Crippen LogP contribution in [0.4, 0.5) is 0 Å². The number of esters is 1. The van der Waals surface area contributed by atoms with Gasteiger partial charge in [0.05, 0.1) is 29.3 Å². The van der Waals surface area contributed by atoms with Crippen LogP contribution in [0.25, 0.3) is 10.9 Å². The summed E-state index contributed by atoms with van der Waals surface area (Å²) < 4.78 is 6.72. The number of carbonyl (C=O) groups is 1. The van der Waals surface area contributed by atoms with E-state index < -0.39 is 0 Å². The van der Waals surface area contributed by atoms with Gasteiger partial charge in [-0.25, -0.2) is 4.98 Å². The zero-order valence-electron chi connectivity index (χ0n) is 15.0. The number of thioether (sulfide) groups is 1. The molecule has 7 heteroatoms. The molecule has 0 bridgehead atoms. The average molecular weight is 403 g/mol. The lowest BCUT2D eigenvalue weighted by molar-refractivity contribution is -0.144. The van der Waals surface area contributed by atoms with E-state index in [1.165, 1.54) is 11.8 Å². The van der Waals surface area contributed by atoms with Crippen molar-refractivity contribution in [1.29, 1.82) is 0 Å². The molecule has 0 radical (unpaired) electrons. The van der Waals surface area contributed by atoms with E-state index in [1.54, 1.807) is 42.7 Å². The molecule has 0 unspecified atom stereocenters. The van der Waals surface area contributed by atoms with Crippen molar-refractivity contribution in [2.24, 2.45) is 0 Å². The fraction of sp³-hybridized carbons (Fsp3) is 0.250. The van der Waals surface area contributed by atoms with Crippen molar-refractivity contribution in [2.75, 3.05) is 5.75 Å². The standard InChI is InChI=1S/C20H19ClN2O3S/c1-13(2)26-18(24)12-27-20-22-17-10-6-4-8-15(17)19(25)23(20)11-14-7-3-5-9-16(14)21/h3-10,13H,11-12H2,1-2H3. The molecule has 27 heavy (non-hydrogen) atoms. The van der Waals surface area contributed by atoms with Gasteiger partial charge in [-0.3, -0.25) is 14.2 Å². The highest BCUT2D eigenvalue weighted by Crippen LogP contribution is 2.22. The Morgan fingerprint density at radius 2 is 1.89 bits per heavy atom. The molecule has 140 valence electrons. The predicted molar refractivity (Wildman–Crippen MR) is 109 cm³/mol. The number of halogens is 1. The van der Waals surface area contributed by atoms with E-state index in [4.69, 9.17) is 16.3 Å². The molecule has 0 aliphatic heterocycles. The molecule has 0 atom stereocenters. The fourth-order valence-corrected chi connectivity index (χ4v) is 3.59. The van der Waals surface area contributed by atoms with E-state index in [0.29, 0.717) is 21.1 Å². The van der Waals surface area contributed by atoms with Crippen LogP contribution in [-0.2, 0) is 16.1 Å². The summed E-state index contributed by atoms with van der Waals surface area (Å²) in [6.45, 7) is 3.87. The fourth-order valence-electron chi connectivity index (χ4n) is 2.61.